The Morgan fingerprint density at radius 1 is 1.35 bits per heavy atom. The van der Waals surface area contributed by atoms with Crippen molar-refractivity contribution in [1.82, 2.24) is 10.2 Å². The third kappa shape index (κ3) is 3.73. The zero-order chi connectivity index (χ0) is 14.5. The lowest BCUT2D eigenvalue weighted by atomic mass is 10.1. The summed E-state index contributed by atoms with van der Waals surface area (Å²) in [6, 6.07) is 9.89. The average molecular weight is 276 g/mol. The number of benzene rings is 1. The number of nitrogens with zero attached hydrogens (tertiary/aromatic N) is 1. The Balaban J connectivity index is 1.87. The molecule has 2 rings (SSSR count). The first-order chi connectivity index (χ1) is 9.61. The lowest BCUT2D eigenvalue weighted by Crippen LogP contribution is -2.44. The van der Waals surface area contributed by atoms with Crippen molar-refractivity contribution >= 4 is 12.0 Å². The number of urea groups is 1. The molecule has 0 aliphatic heterocycles. The van der Waals surface area contributed by atoms with Gasteiger partial charge >= 0.3 is 12.0 Å². The molecule has 1 saturated carbocycles. The number of carboxylic acid groups (broad SMARTS) is 1. The van der Waals surface area contributed by atoms with Crippen LogP contribution in [0.25, 0.3) is 0 Å². The minimum Gasteiger partial charge on any atom is -0.480 e. The van der Waals surface area contributed by atoms with Crippen molar-refractivity contribution in [3.63, 3.8) is 0 Å². The normalized spacial score (nSPS) is 20.2. The van der Waals surface area contributed by atoms with E-state index in [-0.39, 0.29) is 18.6 Å². The molecule has 1 fully saturated rings. The Morgan fingerprint density at radius 3 is 2.65 bits per heavy atom. The zero-order valence-electron chi connectivity index (χ0n) is 11.6. The zero-order valence-corrected chi connectivity index (χ0v) is 11.6. The van der Waals surface area contributed by atoms with Crippen LogP contribution in [-0.2, 0) is 4.79 Å². The lowest BCUT2D eigenvalue weighted by Gasteiger charge is -2.20. The second kappa shape index (κ2) is 6.41. The number of rotatable bonds is 6. The van der Waals surface area contributed by atoms with Gasteiger partial charge in [0, 0.05) is 18.5 Å². The van der Waals surface area contributed by atoms with Crippen LogP contribution in [0, 0.1) is 0 Å². The molecule has 0 heterocycles. The van der Waals surface area contributed by atoms with Crippen molar-refractivity contribution in [3.8, 4) is 0 Å². The minimum absolute atomic E-state index is 0.123. The highest BCUT2D eigenvalue weighted by atomic mass is 16.4. The molecule has 108 valence electrons. The maximum absolute atomic E-state index is 12.0. The summed E-state index contributed by atoms with van der Waals surface area (Å²) in [7, 11) is 0. The summed E-state index contributed by atoms with van der Waals surface area (Å²) >= 11 is 0. The Morgan fingerprint density at radius 2 is 2.05 bits per heavy atom. The number of carbonyl (C=O) groups is 2. The van der Waals surface area contributed by atoms with E-state index in [1.807, 2.05) is 25.1 Å². The van der Waals surface area contributed by atoms with Crippen LogP contribution in [0.15, 0.2) is 30.3 Å². The van der Waals surface area contributed by atoms with Gasteiger partial charge in [0.05, 0.1) is 0 Å². The first-order valence-electron chi connectivity index (χ1n) is 6.94. The Hall–Kier alpha value is -2.04. The van der Waals surface area contributed by atoms with Gasteiger partial charge < -0.3 is 15.3 Å². The summed E-state index contributed by atoms with van der Waals surface area (Å²) in [4.78, 5) is 24.2. The monoisotopic (exact) mass is 276 g/mol. The van der Waals surface area contributed by atoms with E-state index in [0.29, 0.717) is 12.5 Å². The molecule has 2 unspecified atom stereocenters. The molecule has 0 saturated heterocycles. The molecule has 5 nitrogen and oxygen atoms in total. The van der Waals surface area contributed by atoms with E-state index in [1.165, 1.54) is 10.5 Å². The molecule has 0 spiro atoms. The van der Waals surface area contributed by atoms with Crippen LogP contribution in [0.5, 0.6) is 0 Å². The van der Waals surface area contributed by atoms with E-state index in [0.717, 1.165) is 12.8 Å². The van der Waals surface area contributed by atoms with E-state index < -0.39 is 5.97 Å². The quantitative estimate of drug-likeness (QED) is 0.835. The number of carbonyl (C=O) groups excluding carboxylic acids is 1. The third-order valence-electron chi connectivity index (χ3n) is 3.43. The highest BCUT2D eigenvalue weighted by Crippen LogP contribution is 2.40. The number of carboxylic acids is 1. The van der Waals surface area contributed by atoms with Gasteiger partial charge in [-0.25, -0.2) is 4.79 Å². The van der Waals surface area contributed by atoms with Gasteiger partial charge in [-0.15, -0.1) is 0 Å². The fourth-order valence-electron chi connectivity index (χ4n) is 2.36. The van der Waals surface area contributed by atoms with Crippen molar-refractivity contribution in [2.75, 3.05) is 13.1 Å². The summed E-state index contributed by atoms with van der Waals surface area (Å²) < 4.78 is 0. The summed E-state index contributed by atoms with van der Waals surface area (Å²) in [6.07, 6.45) is 1.66. The molecule has 2 amide bonds. The van der Waals surface area contributed by atoms with E-state index in [4.69, 9.17) is 5.11 Å². The van der Waals surface area contributed by atoms with Gasteiger partial charge in [0.1, 0.15) is 6.54 Å². The Labute approximate surface area is 118 Å². The van der Waals surface area contributed by atoms with E-state index >= 15 is 0 Å². The number of hydrogen-bond donors (Lipinski definition) is 2. The van der Waals surface area contributed by atoms with Crippen molar-refractivity contribution in [3.05, 3.63) is 35.9 Å². The number of nitrogens with one attached hydrogen (secondary N) is 1. The molecule has 1 aromatic rings. The SMILES string of the molecule is CCCN(CC(=O)O)C(=O)NC1CC1c1ccccc1. The topological polar surface area (TPSA) is 69.6 Å². The predicted octanol–water partition coefficient (Wildman–Crippen LogP) is 2.05. The third-order valence-corrected chi connectivity index (χ3v) is 3.43. The maximum atomic E-state index is 12.0. The van der Waals surface area contributed by atoms with Gasteiger partial charge in [-0.2, -0.15) is 0 Å². The molecule has 0 aromatic heterocycles. The molecule has 2 N–H and O–H groups in total. The summed E-state index contributed by atoms with van der Waals surface area (Å²) in [6.45, 7) is 2.13. The molecule has 5 heteroatoms. The van der Waals surface area contributed by atoms with Crippen LogP contribution in [0.2, 0.25) is 0 Å². The number of aliphatic carboxylic acids is 1. The number of amides is 2. The maximum Gasteiger partial charge on any atom is 0.323 e. The number of hydrogen-bond acceptors (Lipinski definition) is 2. The van der Waals surface area contributed by atoms with Gasteiger partial charge in [0.25, 0.3) is 0 Å². The van der Waals surface area contributed by atoms with Gasteiger partial charge in [-0.05, 0) is 18.4 Å². The smallest absolute Gasteiger partial charge is 0.323 e. The van der Waals surface area contributed by atoms with Crippen LogP contribution >= 0.6 is 0 Å². The molecule has 2 atom stereocenters. The van der Waals surface area contributed by atoms with Gasteiger partial charge in [-0.1, -0.05) is 37.3 Å². The van der Waals surface area contributed by atoms with E-state index in [1.54, 1.807) is 0 Å². The van der Waals surface area contributed by atoms with Crippen LogP contribution in [0.3, 0.4) is 0 Å². The fourth-order valence-corrected chi connectivity index (χ4v) is 2.36. The van der Waals surface area contributed by atoms with Crippen LogP contribution < -0.4 is 5.32 Å². The summed E-state index contributed by atoms with van der Waals surface area (Å²) in [5.41, 5.74) is 1.22. The van der Waals surface area contributed by atoms with Crippen LogP contribution in [0.1, 0.15) is 31.2 Å². The molecule has 0 radical (unpaired) electrons. The minimum atomic E-state index is -0.982. The van der Waals surface area contributed by atoms with Gasteiger partial charge in [0.15, 0.2) is 0 Å². The summed E-state index contributed by atoms with van der Waals surface area (Å²) in [5.74, 6) is -0.627. The van der Waals surface area contributed by atoms with Crippen molar-refractivity contribution in [2.24, 2.45) is 0 Å². The highest BCUT2D eigenvalue weighted by Gasteiger charge is 2.40. The van der Waals surface area contributed by atoms with Crippen molar-refractivity contribution < 1.29 is 14.7 Å². The largest absolute Gasteiger partial charge is 0.480 e. The average Bonchev–Trinajstić information content (AvgIpc) is 3.18. The molecular weight excluding hydrogens is 256 g/mol. The first kappa shape index (κ1) is 14.4. The fraction of sp³-hybridized carbons (Fsp3) is 0.467. The highest BCUT2D eigenvalue weighted by molar-refractivity contribution is 5.80. The standard InChI is InChI=1S/C15H20N2O3/c1-2-8-17(10-14(18)19)15(20)16-13-9-12(13)11-6-4-3-5-7-11/h3-7,12-13H,2,8-10H2,1H3,(H,16,20)(H,18,19). The molecule has 20 heavy (non-hydrogen) atoms. The molecule has 0 bridgehead atoms. The van der Waals surface area contributed by atoms with E-state index in [2.05, 4.69) is 17.4 Å². The van der Waals surface area contributed by atoms with Crippen LogP contribution in [0.4, 0.5) is 4.79 Å². The second-order valence-corrected chi connectivity index (χ2v) is 5.12. The molecule has 1 aliphatic rings. The molecule has 1 aromatic carbocycles. The molecular formula is C15H20N2O3. The van der Waals surface area contributed by atoms with Crippen LogP contribution in [-0.4, -0.2) is 41.1 Å². The van der Waals surface area contributed by atoms with E-state index in [9.17, 15) is 9.59 Å². The Kier molecular flexibility index (Phi) is 4.61. The first-order valence-corrected chi connectivity index (χ1v) is 6.94. The second-order valence-electron chi connectivity index (χ2n) is 5.12. The summed E-state index contributed by atoms with van der Waals surface area (Å²) in [5, 5.41) is 11.7. The van der Waals surface area contributed by atoms with Crippen molar-refractivity contribution in [2.45, 2.75) is 31.7 Å². The van der Waals surface area contributed by atoms with Crippen molar-refractivity contribution in [1.29, 1.82) is 0 Å². The molecule has 1 aliphatic carbocycles. The van der Waals surface area contributed by atoms with Gasteiger partial charge in [-0.3, -0.25) is 4.79 Å². The Bertz CT molecular complexity index is 475. The predicted molar refractivity (Wildman–Crippen MR) is 75.6 cm³/mol. The van der Waals surface area contributed by atoms with Gasteiger partial charge in [0.2, 0.25) is 0 Å². The lowest BCUT2D eigenvalue weighted by molar-refractivity contribution is -0.137.